The van der Waals surface area contributed by atoms with E-state index in [-0.39, 0.29) is 11.7 Å². The number of carbonyl (C=O) groups is 1. The van der Waals surface area contributed by atoms with E-state index >= 15 is 0 Å². The van der Waals surface area contributed by atoms with Crippen LogP contribution in [-0.2, 0) is 0 Å². The SMILES string of the molecule is Cc1cc(C(=O)CC(c2ccccc2)c2ccccc2)cc(C)c1OCCCN1CCCCC1. The molecule has 3 nitrogen and oxygen atoms in total. The van der Waals surface area contributed by atoms with E-state index in [1.54, 1.807) is 0 Å². The fourth-order valence-corrected chi connectivity index (χ4v) is 5.09. The van der Waals surface area contributed by atoms with Crippen LogP contribution in [0.2, 0.25) is 0 Å². The Bertz CT molecular complexity index is 993. The first kappa shape index (κ1) is 24.2. The lowest BCUT2D eigenvalue weighted by Gasteiger charge is -2.26. The lowest BCUT2D eigenvalue weighted by Crippen LogP contribution is -2.31. The Morgan fingerprint density at radius 2 is 1.41 bits per heavy atom. The highest BCUT2D eigenvalue weighted by Crippen LogP contribution is 2.31. The molecule has 0 N–H and O–H groups in total. The van der Waals surface area contributed by atoms with E-state index < -0.39 is 0 Å². The molecule has 0 bridgehead atoms. The molecule has 0 spiro atoms. The molecule has 0 amide bonds. The summed E-state index contributed by atoms with van der Waals surface area (Å²) in [5.74, 6) is 1.14. The zero-order valence-corrected chi connectivity index (χ0v) is 20.6. The van der Waals surface area contributed by atoms with Gasteiger partial charge in [-0.2, -0.15) is 0 Å². The van der Waals surface area contributed by atoms with E-state index in [2.05, 4.69) is 43.0 Å². The van der Waals surface area contributed by atoms with Crippen molar-refractivity contribution in [1.29, 1.82) is 0 Å². The average Bonchev–Trinajstić information content (AvgIpc) is 2.87. The smallest absolute Gasteiger partial charge is 0.163 e. The molecular weight excluding hydrogens is 418 g/mol. The summed E-state index contributed by atoms with van der Waals surface area (Å²) in [5, 5.41) is 0. The van der Waals surface area contributed by atoms with Gasteiger partial charge >= 0.3 is 0 Å². The number of hydrogen-bond donors (Lipinski definition) is 0. The Morgan fingerprint density at radius 3 is 1.97 bits per heavy atom. The summed E-state index contributed by atoms with van der Waals surface area (Å²) in [5.41, 5.74) is 5.19. The molecule has 3 aromatic carbocycles. The summed E-state index contributed by atoms with van der Waals surface area (Å²) in [7, 11) is 0. The quantitative estimate of drug-likeness (QED) is 0.244. The fourth-order valence-electron chi connectivity index (χ4n) is 5.09. The van der Waals surface area contributed by atoms with Crippen molar-refractivity contribution in [2.75, 3.05) is 26.2 Å². The minimum Gasteiger partial charge on any atom is -0.493 e. The van der Waals surface area contributed by atoms with Gasteiger partial charge in [-0.1, -0.05) is 67.1 Å². The van der Waals surface area contributed by atoms with E-state index in [4.69, 9.17) is 4.74 Å². The van der Waals surface area contributed by atoms with Crippen molar-refractivity contribution in [3.05, 3.63) is 101 Å². The number of piperidine rings is 1. The molecule has 3 aromatic rings. The maximum absolute atomic E-state index is 13.4. The van der Waals surface area contributed by atoms with Gasteiger partial charge in [0.25, 0.3) is 0 Å². The van der Waals surface area contributed by atoms with Crippen molar-refractivity contribution >= 4 is 5.78 Å². The molecule has 1 heterocycles. The van der Waals surface area contributed by atoms with Crippen LogP contribution in [0.4, 0.5) is 0 Å². The van der Waals surface area contributed by atoms with Gasteiger partial charge in [0.1, 0.15) is 5.75 Å². The molecule has 4 rings (SSSR count). The van der Waals surface area contributed by atoms with E-state index in [0.29, 0.717) is 6.42 Å². The number of nitrogens with zero attached hydrogens (tertiary/aromatic N) is 1. The number of ketones is 1. The highest BCUT2D eigenvalue weighted by Gasteiger charge is 2.20. The lowest BCUT2D eigenvalue weighted by atomic mass is 9.85. The zero-order valence-electron chi connectivity index (χ0n) is 20.6. The molecule has 0 atom stereocenters. The predicted octanol–water partition coefficient (Wildman–Crippen LogP) is 6.96. The van der Waals surface area contributed by atoms with Gasteiger partial charge in [-0.25, -0.2) is 0 Å². The van der Waals surface area contributed by atoms with E-state index in [1.807, 2.05) is 48.5 Å². The van der Waals surface area contributed by atoms with Crippen molar-refractivity contribution in [3.63, 3.8) is 0 Å². The van der Waals surface area contributed by atoms with Crippen LogP contribution in [0.3, 0.4) is 0 Å². The van der Waals surface area contributed by atoms with Crippen molar-refractivity contribution in [3.8, 4) is 5.75 Å². The van der Waals surface area contributed by atoms with Gasteiger partial charge in [-0.3, -0.25) is 4.79 Å². The topological polar surface area (TPSA) is 29.5 Å². The largest absolute Gasteiger partial charge is 0.493 e. The number of benzene rings is 3. The van der Waals surface area contributed by atoms with Gasteiger partial charge in [-0.15, -0.1) is 0 Å². The number of carbonyl (C=O) groups excluding carboxylic acids is 1. The van der Waals surface area contributed by atoms with Gasteiger partial charge in [0.2, 0.25) is 0 Å². The molecule has 1 aliphatic rings. The second-order valence-corrected chi connectivity index (χ2v) is 9.54. The van der Waals surface area contributed by atoms with Crippen LogP contribution >= 0.6 is 0 Å². The maximum Gasteiger partial charge on any atom is 0.163 e. The van der Waals surface area contributed by atoms with Crippen LogP contribution in [0.15, 0.2) is 72.8 Å². The monoisotopic (exact) mass is 455 g/mol. The summed E-state index contributed by atoms with van der Waals surface area (Å²) in [6.45, 7) is 8.37. The summed E-state index contributed by atoms with van der Waals surface area (Å²) < 4.78 is 6.18. The lowest BCUT2D eigenvalue weighted by molar-refractivity contribution is 0.0977. The maximum atomic E-state index is 13.4. The van der Waals surface area contributed by atoms with E-state index in [0.717, 1.165) is 42.0 Å². The molecular formula is C31H37NO2. The second kappa shape index (κ2) is 12.0. The zero-order chi connectivity index (χ0) is 23.8. The number of ether oxygens (including phenoxy) is 1. The number of Topliss-reactive ketones (excluding diaryl/α,β-unsaturated/α-hetero) is 1. The molecule has 0 radical (unpaired) electrons. The molecule has 0 aliphatic carbocycles. The normalized spacial score (nSPS) is 14.3. The molecule has 3 heteroatoms. The Kier molecular flexibility index (Phi) is 8.54. The third-order valence-corrected chi connectivity index (χ3v) is 6.89. The van der Waals surface area contributed by atoms with Gasteiger partial charge in [0, 0.05) is 24.4 Å². The van der Waals surface area contributed by atoms with Gasteiger partial charge in [0.05, 0.1) is 6.61 Å². The van der Waals surface area contributed by atoms with Gasteiger partial charge in [0.15, 0.2) is 5.78 Å². The van der Waals surface area contributed by atoms with Gasteiger partial charge < -0.3 is 9.64 Å². The minimum atomic E-state index is 0.0428. The predicted molar refractivity (Wildman–Crippen MR) is 140 cm³/mol. The van der Waals surface area contributed by atoms with Crippen LogP contribution in [0.1, 0.15) is 70.6 Å². The van der Waals surface area contributed by atoms with Crippen molar-refractivity contribution in [2.45, 2.75) is 51.9 Å². The molecule has 1 saturated heterocycles. The molecule has 1 aliphatic heterocycles. The average molecular weight is 456 g/mol. The van der Waals surface area contributed by atoms with Crippen molar-refractivity contribution in [1.82, 2.24) is 4.90 Å². The Morgan fingerprint density at radius 1 is 0.853 bits per heavy atom. The Balaban J connectivity index is 1.42. The van der Waals surface area contributed by atoms with Crippen LogP contribution in [-0.4, -0.2) is 36.9 Å². The molecule has 0 unspecified atom stereocenters. The van der Waals surface area contributed by atoms with Crippen molar-refractivity contribution in [2.24, 2.45) is 0 Å². The van der Waals surface area contributed by atoms with Crippen molar-refractivity contribution < 1.29 is 9.53 Å². The Hall–Kier alpha value is -2.91. The summed E-state index contributed by atoms with van der Waals surface area (Å²) >= 11 is 0. The highest BCUT2D eigenvalue weighted by molar-refractivity contribution is 5.97. The summed E-state index contributed by atoms with van der Waals surface area (Å²) in [4.78, 5) is 16.0. The van der Waals surface area contributed by atoms with Crippen LogP contribution in [0.5, 0.6) is 5.75 Å². The molecule has 0 saturated carbocycles. The third-order valence-electron chi connectivity index (χ3n) is 6.89. The van der Waals surface area contributed by atoms with Crippen LogP contribution in [0, 0.1) is 13.8 Å². The Labute approximate surface area is 204 Å². The first-order valence-corrected chi connectivity index (χ1v) is 12.7. The second-order valence-electron chi connectivity index (χ2n) is 9.54. The fraction of sp³-hybridized carbons (Fsp3) is 0.387. The van der Waals surface area contributed by atoms with Crippen LogP contribution in [0.25, 0.3) is 0 Å². The first-order chi connectivity index (χ1) is 16.6. The highest BCUT2D eigenvalue weighted by atomic mass is 16.5. The standard InChI is InChI=1S/C31H37NO2/c1-24-21-28(22-25(2)31(24)34-20-12-19-32-17-10-5-11-18-32)30(33)23-29(26-13-6-3-7-14-26)27-15-8-4-9-16-27/h3-4,6-9,13-16,21-22,29H,5,10-12,17-20,23H2,1-2H3. The molecule has 1 fully saturated rings. The van der Waals surface area contributed by atoms with E-state index in [1.165, 1.54) is 43.5 Å². The number of aryl methyl sites for hydroxylation is 2. The number of rotatable bonds is 10. The summed E-state index contributed by atoms with van der Waals surface area (Å²) in [6, 6.07) is 24.7. The number of hydrogen-bond acceptors (Lipinski definition) is 3. The number of likely N-dealkylation sites (tertiary alicyclic amines) is 1. The van der Waals surface area contributed by atoms with Crippen LogP contribution < -0.4 is 4.74 Å². The first-order valence-electron chi connectivity index (χ1n) is 12.7. The molecule has 0 aromatic heterocycles. The van der Waals surface area contributed by atoms with Gasteiger partial charge in [-0.05, 0) is 80.6 Å². The minimum absolute atomic E-state index is 0.0428. The van der Waals surface area contributed by atoms with E-state index in [9.17, 15) is 4.79 Å². The molecule has 34 heavy (non-hydrogen) atoms. The molecule has 178 valence electrons. The third kappa shape index (κ3) is 6.36. The summed E-state index contributed by atoms with van der Waals surface area (Å²) in [6.07, 6.45) is 5.50.